The second-order valence-corrected chi connectivity index (χ2v) is 8.72. The second-order valence-electron chi connectivity index (χ2n) is 3.52. The van der Waals surface area contributed by atoms with Crippen LogP contribution < -0.4 is 0 Å². The summed E-state index contributed by atoms with van der Waals surface area (Å²) in [4.78, 5) is 9.37. The van der Waals surface area contributed by atoms with Gasteiger partial charge >= 0.3 is 5.97 Å². The minimum atomic E-state index is -2.28. The van der Waals surface area contributed by atoms with Crippen molar-refractivity contribution in [3.63, 3.8) is 0 Å². The van der Waals surface area contributed by atoms with Gasteiger partial charge in [0.1, 0.15) is 0 Å². The minimum Gasteiger partial charge on any atom is -0.481 e. The molecule has 0 aliphatic carbocycles. The lowest BCUT2D eigenvalue weighted by atomic mass is 10.5. The summed E-state index contributed by atoms with van der Waals surface area (Å²) < 4.78 is 10.6. The molecule has 4 nitrogen and oxygen atoms in total. The van der Waals surface area contributed by atoms with Crippen LogP contribution in [0.15, 0.2) is 0 Å². The summed E-state index contributed by atoms with van der Waals surface area (Å²) in [5, 5.41) is 7.72. The van der Waals surface area contributed by atoms with E-state index in [0.717, 1.165) is 0 Å². The first-order valence-corrected chi connectivity index (χ1v) is 8.81. The van der Waals surface area contributed by atoms with Gasteiger partial charge in [-0.3, -0.25) is 4.79 Å². The Morgan fingerprint density at radius 1 is 1.31 bits per heavy atom. The van der Waals surface area contributed by atoms with E-state index in [4.69, 9.17) is 26.0 Å². The summed E-state index contributed by atoms with van der Waals surface area (Å²) in [6.07, 6.45) is 0.383. The van der Waals surface area contributed by atoms with Gasteiger partial charge in [-0.1, -0.05) is 19.2 Å². The first-order chi connectivity index (χ1) is 7.10. The predicted octanol–water partition coefficient (Wildman–Crippen LogP) is 3.47. The molecule has 0 aromatic rings. The highest BCUT2D eigenvalue weighted by molar-refractivity contribution is 8.60. The summed E-state index contributed by atoms with van der Waals surface area (Å²) >= 11 is 9.17. The summed E-state index contributed by atoms with van der Waals surface area (Å²) in [5.74, 6) is -0.745. The summed E-state index contributed by atoms with van der Waals surface area (Å²) in [5.41, 5.74) is -2.28. The molecule has 7 heteroatoms. The Morgan fingerprint density at radius 3 is 1.69 bits per heavy atom. The third-order valence-electron chi connectivity index (χ3n) is 0.991. The van der Waals surface area contributed by atoms with E-state index >= 15 is 0 Å². The standard InChI is InChI=1S/C6H15O2PS2.C3H6O2/c1-5(2)7-9(10,11)8-6(3)4;1-2-3(4)5/h5-6H,1-4H3,(H,10,11);2H2,1H3,(H,4,5). The van der Waals surface area contributed by atoms with Crippen molar-refractivity contribution in [2.45, 2.75) is 53.2 Å². The average molecular weight is 288 g/mol. The van der Waals surface area contributed by atoms with Crippen molar-refractivity contribution in [3.8, 4) is 0 Å². The fraction of sp³-hybridized carbons (Fsp3) is 0.889. The highest BCUT2D eigenvalue weighted by atomic mass is 32.9. The summed E-state index contributed by atoms with van der Waals surface area (Å²) in [6.45, 7) is 9.27. The Labute approximate surface area is 108 Å². The minimum absolute atomic E-state index is 0.0806. The van der Waals surface area contributed by atoms with Crippen molar-refractivity contribution in [2.24, 2.45) is 0 Å². The topological polar surface area (TPSA) is 55.8 Å². The molecular formula is C9H21O4PS2. The van der Waals surface area contributed by atoms with Gasteiger partial charge in [-0.2, -0.15) is 0 Å². The zero-order valence-electron chi connectivity index (χ0n) is 10.3. The summed E-state index contributed by atoms with van der Waals surface area (Å²) in [7, 11) is 0. The monoisotopic (exact) mass is 288 g/mol. The van der Waals surface area contributed by atoms with Crippen molar-refractivity contribution in [3.05, 3.63) is 0 Å². The predicted molar refractivity (Wildman–Crippen MR) is 73.6 cm³/mol. The maximum Gasteiger partial charge on any atom is 0.303 e. The molecule has 0 atom stereocenters. The lowest BCUT2D eigenvalue weighted by Gasteiger charge is -2.20. The van der Waals surface area contributed by atoms with Gasteiger partial charge in [0.25, 0.3) is 0 Å². The SMILES string of the molecule is CC(C)OP(=S)(S)OC(C)C.CCC(=O)O. The molecular weight excluding hydrogens is 267 g/mol. The van der Waals surface area contributed by atoms with Gasteiger partial charge in [0, 0.05) is 6.42 Å². The van der Waals surface area contributed by atoms with Gasteiger partial charge in [0.05, 0.1) is 12.2 Å². The van der Waals surface area contributed by atoms with Gasteiger partial charge in [-0.25, -0.2) is 0 Å². The molecule has 0 fully saturated rings. The van der Waals surface area contributed by atoms with Gasteiger partial charge < -0.3 is 14.2 Å². The fourth-order valence-electron chi connectivity index (χ4n) is 0.558. The number of carbonyl (C=O) groups is 1. The van der Waals surface area contributed by atoms with Crippen molar-refractivity contribution >= 4 is 35.7 Å². The van der Waals surface area contributed by atoms with E-state index in [1.54, 1.807) is 6.92 Å². The van der Waals surface area contributed by atoms with Crippen molar-refractivity contribution in [2.75, 3.05) is 0 Å². The van der Waals surface area contributed by atoms with Crippen molar-refractivity contribution < 1.29 is 18.9 Å². The highest BCUT2D eigenvalue weighted by Crippen LogP contribution is 2.55. The van der Waals surface area contributed by atoms with Gasteiger partial charge in [0.15, 0.2) is 0 Å². The van der Waals surface area contributed by atoms with E-state index in [1.165, 1.54) is 0 Å². The second kappa shape index (κ2) is 9.42. The highest BCUT2D eigenvalue weighted by Gasteiger charge is 2.16. The Kier molecular flexibility index (Phi) is 11.0. The summed E-state index contributed by atoms with van der Waals surface area (Å²) in [6, 6.07) is 0. The molecule has 0 heterocycles. The number of hydrogen-bond acceptors (Lipinski definition) is 4. The van der Waals surface area contributed by atoms with E-state index < -0.39 is 11.7 Å². The molecule has 0 amide bonds. The first-order valence-electron chi connectivity index (χ1n) is 5.02. The average Bonchev–Trinajstić information content (AvgIpc) is 1.99. The molecule has 0 aromatic heterocycles. The number of carboxylic acid groups (broad SMARTS) is 1. The van der Waals surface area contributed by atoms with Crippen LogP contribution in [0.25, 0.3) is 0 Å². The van der Waals surface area contributed by atoms with Crippen LogP contribution in [0.2, 0.25) is 0 Å². The van der Waals surface area contributed by atoms with Crippen molar-refractivity contribution in [1.82, 2.24) is 0 Å². The molecule has 0 radical (unpaired) electrons. The van der Waals surface area contributed by atoms with Crippen LogP contribution in [0.1, 0.15) is 41.0 Å². The molecule has 1 N–H and O–H groups in total. The van der Waals surface area contributed by atoms with Crippen LogP contribution >= 0.6 is 17.9 Å². The Balaban J connectivity index is 0. The Morgan fingerprint density at radius 2 is 1.56 bits per heavy atom. The molecule has 0 unspecified atom stereocenters. The number of carboxylic acids is 1. The number of hydrogen-bond donors (Lipinski definition) is 2. The molecule has 0 saturated carbocycles. The Hall–Kier alpha value is 0.390. The maximum atomic E-state index is 9.37. The Bertz CT molecular complexity index is 230. The number of thiol groups is 1. The van der Waals surface area contributed by atoms with Crippen LogP contribution in [-0.2, 0) is 25.6 Å². The zero-order chi connectivity index (χ0) is 13.4. The van der Waals surface area contributed by atoms with Crippen LogP contribution in [0.4, 0.5) is 0 Å². The quantitative estimate of drug-likeness (QED) is 0.599. The molecule has 0 bridgehead atoms. The number of rotatable bonds is 5. The lowest BCUT2D eigenvalue weighted by molar-refractivity contribution is -0.136. The molecule has 16 heavy (non-hydrogen) atoms. The first kappa shape index (κ1) is 18.7. The van der Waals surface area contributed by atoms with Crippen molar-refractivity contribution in [1.29, 1.82) is 0 Å². The van der Waals surface area contributed by atoms with E-state index in [2.05, 4.69) is 12.2 Å². The molecule has 0 aliphatic rings. The molecule has 0 aromatic carbocycles. The van der Waals surface area contributed by atoms with Crippen LogP contribution in [0, 0.1) is 0 Å². The van der Waals surface area contributed by atoms with E-state index in [9.17, 15) is 4.79 Å². The van der Waals surface area contributed by atoms with E-state index in [-0.39, 0.29) is 18.6 Å². The van der Waals surface area contributed by atoms with Gasteiger partial charge in [-0.15, -0.1) is 0 Å². The molecule has 0 saturated heterocycles. The molecule has 0 aliphatic heterocycles. The number of aliphatic carboxylic acids is 1. The van der Waals surface area contributed by atoms with Crippen LogP contribution in [0.3, 0.4) is 0 Å². The van der Waals surface area contributed by atoms with Gasteiger partial charge in [0.2, 0.25) is 5.69 Å². The fourth-order valence-corrected chi connectivity index (χ4v) is 3.84. The molecule has 0 spiro atoms. The third kappa shape index (κ3) is 16.8. The van der Waals surface area contributed by atoms with Crippen LogP contribution in [0.5, 0.6) is 0 Å². The van der Waals surface area contributed by atoms with E-state index in [0.29, 0.717) is 0 Å². The van der Waals surface area contributed by atoms with Crippen LogP contribution in [-0.4, -0.2) is 23.3 Å². The smallest absolute Gasteiger partial charge is 0.303 e. The lowest BCUT2D eigenvalue weighted by Crippen LogP contribution is -2.04. The zero-order valence-corrected chi connectivity index (χ0v) is 12.9. The molecule has 98 valence electrons. The maximum absolute atomic E-state index is 9.37. The normalized spacial score (nSPS) is 11.2. The third-order valence-corrected chi connectivity index (χ3v) is 3.45. The van der Waals surface area contributed by atoms with E-state index in [1.807, 2.05) is 27.7 Å². The van der Waals surface area contributed by atoms with Gasteiger partial charge in [-0.05, 0) is 39.5 Å². The molecule has 0 rings (SSSR count). The largest absolute Gasteiger partial charge is 0.481 e.